The Bertz CT molecular complexity index is 1570. The molecule has 2 fully saturated rings. The summed E-state index contributed by atoms with van der Waals surface area (Å²) < 4.78 is 17.9. The summed E-state index contributed by atoms with van der Waals surface area (Å²) in [6, 6.07) is 18.3. The number of benzene rings is 3. The van der Waals surface area contributed by atoms with Crippen LogP contribution in [0.25, 0.3) is 17.2 Å². The maximum atomic E-state index is 13.5. The minimum absolute atomic E-state index is 0.169. The van der Waals surface area contributed by atoms with Crippen LogP contribution in [0.1, 0.15) is 34.8 Å². The summed E-state index contributed by atoms with van der Waals surface area (Å²) >= 11 is 13.4. The fourth-order valence-corrected chi connectivity index (χ4v) is 6.51. The third-order valence-corrected chi connectivity index (χ3v) is 9.16. The van der Waals surface area contributed by atoms with Gasteiger partial charge in [-0.25, -0.2) is 4.79 Å². The zero-order valence-corrected chi connectivity index (χ0v) is 27.4. The predicted molar refractivity (Wildman–Crippen MR) is 182 cm³/mol. The van der Waals surface area contributed by atoms with Crippen LogP contribution in [0.15, 0.2) is 65.6 Å². The normalized spacial score (nSPS) is 16.4. The fourth-order valence-electron chi connectivity index (χ4n) is 4.98. The van der Waals surface area contributed by atoms with Crippen LogP contribution in [0.3, 0.4) is 0 Å². The summed E-state index contributed by atoms with van der Waals surface area (Å²) in [7, 11) is 0. The number of nitrogens with zero attached hydrogens (tertiary/aromatic N) is 2. The number of carboxylic acid groups (broad SMARTS) is 1. The second kappa shape index (κ2) is 15.7. The first-order valence-electron chi connectivity index (χ1n) is 14.9. The highest BCUT2D eigenvalue weighted by Gasteiger charge is 2.32. The third kappa shape index (κ3) is 8.65. The molecule has 45 heavy (non-hydrogen) atoms. The van der Waals surface area contributed by atoms with Gasteiger partial charge in [0.15, 0.2) is 0 Å². The van der Waals surface area contributed by atoms with Crippen LogP contribution in [-0.2, 0) is 16.0 Å². The molecule has 2 aliphatic heterocycles. The lowest BCUT2D eigenvalue weighted by atomic mass is 10.0. The van der Waals surface area contributed by atoms with Gasteiger partial charge in [0, 0.05) is 31.7 Å². The molecule has 0 spiro atoms. The van der Waals surface area contributed by atoms with E-state index in [9.17, 15) is 9.59 Å². The SMILES string of the molecule is CCCOc1ccc(-c2ccc(OCCN3CCOCC3)c(C=C3SC(=S)N(CCc4ccc(C(=O)O)cc4)C3=O)c2)cc1Cl. The largest absolute Gasteiger partial charge is 0.492 e. The molecule has 0 saturated carbocycles. The number of thioether (sulfide) groups is 1. The van der Waals surface area contributed by atoms with Crippen molar-refractivity contribution in [2.75, 3.05) is 52.6 Å². The van der Waals surface area contributed by atoms with Crippen molar-refractivity contribution in [1.29, 1.82) is 0 Å². The van der Waals surface area contributed by atoms with Gasteiger partial charge in [-0.05, 0) is 72.0 Å². The molecule has 236 valence electrons. The van der Waals surface area contributed by atoms with Crippen molar-refractivity contribution in [1.82, 2.24) is 9.80 Å². The standard InChI is InChI=1S/C34H35ClN2O6S2/c1-2-16-42-30-10-8-26(21-28(30)35)25-7-9-29(43-19-15-36-13-17-41-18-14-36)27(20-25)22-31-32(38)37(34(44)45-31)12-11-23-3-5-24(6-4-23)33(39)40/h3-10,20-22H,2,11-19H2,1H3,(H,39,40). The molecule has 2 heterocycles. The molecule has 11 heteroatoms. The summed E-state index contributed by atoms with van der Waals surface area (Å²) in [5, 5.41) is 9.69. The van der Waals surface area contributed by atoms with Gasteiger partial charge in [0.1, 0.15) is 22.4 Å². The van der Waals surface area contributed by atoms with E-state index in [1.165, 1.54) is 11.8 Å². The zero-order chi connectivity index (χ0) is 31.8. The molecule has 8 nitrogen and oxygen atoms in total. The van der Waals surface area contributed by atoms with Crippen LogP contribution in [0.5, 0.6) is 11.5 Å². The first kappa shape index (κ1) is 33.0. The Kier molecular flexibility index (Phi) is 11.5. The van der Waals surface area contributed by atoms with Crippen molar-refractivity contribution in [2.24, 2.45) is 0 Å². The number of carbonyl (C=O) groups excluding carboxylic acids is 1. The van der Waals surface area contributed by atoms with E-state index in [-0.39, 0.29) is 11.5 Å². The molecule has 0 bridgehead atoms. The average Bonchev–Trinajstić information content (AvgIpc) is 3.31. The monoisotopic (exact) mass is 666 g/mol. The molecule has 0 aromatic heterocycles. The number of rotatable bonds is 13. The van der Waals surface area contributed by atoms with Crippen LogP contribution >= 0.6 is 35.6 Å². The topological polar surface area (TPSA) is 88.5 Å². The van der Waals surface area contributed by atoms with Gasteiger partial charge in [-0.2, -0.15) is 0 Å². The number of thiocarbonyl (C=S) groups is 1. The van der Waals surface area contributed by atoms with Crippen LogP contribution < -0.4 is 9.47 Å². The van der Waals surface area contributed by atoms with Crippen LogP contribution in [0, 0.1) is 0 Å². The Hall–Kier alpha value is -3.41. The molecule has 5 rings (SSSR count). The highest BCUT2D eigenvalue weighted by molar-refractivity contribution is 8.26. The van der Waals surface area contributed by atoms with Crippen molar-refractivity contribution >= 4 is 57.9 Å². The summed E-state index contributed by atoms with van der Waals surface area (Å²) in [5.74, 6) is 0.174. The summed E-state index contributed by atoms with van der Waals surface area (Å²) in [6.07, 6.45) is 3.28. The van der Waals surface area contributed by atoms with Crippen molar-refractivity contribution in [3.05, 3.63) is 87.3 Å². The number of hydrogen-bond acceptors (Lipinski definition) is 8. The molecule has 0 aliphatic carbocycles. The smallest absolute Gasteiger partial charge is 0.335 e. The number of ether oxygens (including phenoxy) is 3. The quantitative estimate of drug-likeness (QED) is 0.159. The van der Waals surface area contributed by atoms with Gasteiger partial charge in [0.05, 0.1) is 35.3 Å². The number of carbonyl (C=O) groups is 2. The number of carboxylic acids is 1. The van der Waals surface area contributed by atoms with Crippen molar-refractivity contribution < 1.29 is 28.9 Å². The summed E-state index contributed by atoms with van der Waals surface area (Å²) in [4.78, 5) is 29.1. The maximum Gasteiger partial charge on any atom is 0.335 e. The van der Waals surface area contributed by atoms with Crippen molar-refractivity contribution in [3.8, 4) is 22.6 Å². The average molecular weight is 667 g/mol. The molecule has 0 unspecified atom stereocenters. The molecular weight excluding hydrogens is 632 g/mol. The van der Waals surface area contributed by atoms with Gasteiger partial charge in [0.25, 0.3) is 5.91 Å². The highest BCUT2D eigenvalue weighted by atomic mass is 35.5. The van der Waals surface area contributed by atoms with E-state index in [1.54, 1.807) is 29.2 Å². The van der Waals surface area contributed by atoms with Gasteiger partial charge >= 0.3 is 5.97 Å². The lowest BCUT2D eigenvalue weighted by molar-refractivity contribution is -0.122. The Labute approximate surface area is 277 Å². The fraction of sp³-hybridized carbons (Fsp3) is 0.324. The van der Waals surface area contributed by atoms with Crippen molar-refractivity contribution in [3.63, 3.8) is 0 Å². The number of halogens is 1. The van der Waals surface area contributed by atoms with Crippen LogP contribution in [-0.4, -0.2) is 83.7 Å². The highest BCUT2D eigenvalue weighted by Crippen LogP contribution is 2.37. The molecule has 1 amide bonds. The van der Waals surface area contributed by atoms with E-state index in [4.69, 9.17) is 43.1 Å². The molecule has 2 aliphatic rings. The van der Waals surface area contributed by atoms with E-state index in [2.05, 4.69) is 4.90 Å². The first-order valence-corrected chi connectivity index (χ1v) is 16.5. The second-order valence-corrected chi connectivity index (χ2v) is 12.7. The van der Waals surface area contributed by atoms with Gasteiger partial charge in [0.2, 0.25) is 0 Å². The van der Waals surface area contributed by atoms with E-state index >= 15 is 0 Å². The molecular formula is C34H35ClN2O6S2. The molecule has 0 atom stereocenters. The van der Waals surface area contributed by atoms with Crippen molar-refractivity contribution in [2.45, 2.75) is 19.8 Å². The van der Waals surface area contributed by atoms with Crippen LogP contribution in [0.2, 0.25) is 5.02 Å². The lowest BCUT2D eigenvalue weighted by Gasteiger charge is -2.26. The van der Waals surface area contributed by atoms with E-state index < -0.39 is 5.97 Å². The lowest BCUT2D eigenvalue weighted by Crippen LogP contribution is -2.38. The van der Waals surface area contributed by atoms with E-state index in [1.807, 2.05) is 49.4 Å². The zero-order valence-electron chi connectivity index (χ0n) is 25.0. The molecule has 3 aromatic carbocycles. The number of amides is 1. The van der Waals surface area contributed by atoms with E-state index in [0.717, 1.165) is 61.5 Å². The first-order chi connectivity index (χ1) is 21.8. The summed E-state index contributed by atoms with van der Waals surface area (Å²) in [5.41, 5.74) is 3.75. The Morgan fingerprint density at radius 2 is 1.69 bits per heavy atom. The number of morpholine rings is 1. The summed E-state index contributed by atoms with van der Waals surface area (Å²) in [6.45, 7) is 7.49. The molecule has 3 aromatic rings. The van der Waals surface area contributed by atoms with Crippen LogP contribution in [0.4, 0.5) is 0 Å². The number of hydrogen-bond donors (Lipinski definition) is 1. The Morgan fingerprint density at radius 3 is 2.38 bits per heavy atom. The number of aromatic carboxylic acids is 1. The Balaban J connectivity index is 1.36. The van der Waals surface area contributed by atoms with Gasteiger partial charge in [-0.1, -0.05) is 66.8 Å². The molecule has 0 radical (unpaired) electrons. The van der Waals surface area contributed by atoms with Gasteiger partial charge < -0.3 is 19.3 Å². The van der Waals surface area contributed by atoms with Gasteiger partial charge in [-0.3, -0.25) is 14.6 Å². The third-order valence-electron chi connectivity index (χ3n) is 7.49. The molecule has 2 saturated heterocycles. The molecule has 1 N–H and O–H groups in total. The predicted octanol–water partition coefficient (Wildman–Crippen LogP) is 6.65. The minimum atomic E-state index is -0.974. The van der Waals surface area contributed by atoms with Gasteiger partial charge in [-0.15, -0.1) is 0 Å². The maximum absolute atomic E-state index is 13.5. The Morgan fingerprint density at radius 1 is 1.00 bits per heavy atom. The minimum Gasteiger partial charge on any atom is -0.492 e. The second-order valence-electron chi connectivity index (χ2n) is 10.6. The van der Waals surface area contributed by atoms with E-state index in [0.29, 0.717) is 51.9 Å².